The fourth-order valence-corrected chi connectivity index (χ4v) is 19.9. The molecule has 0 spiro atoms. The van der Waals surface area contributed by atoms with Crippen molar-refractivity contribution in [2.45, 2.75) is 31.9 Å². The lowest BCUT2D eigenvalue weighted by molar-refractivity contribution is 0.0601. The lowest BCUT2D eigenvalue weighted by Crippen LogP contribution is -2.43. The minimum Gasteiger partial charge on any atom is -0.465 e. The molecule has 2 nitrogen and oxygen atoms in total. The number of esters is 1. The van der Waals surface area contributed by atoms with Gasteiger partial charge in [-0.1, -0.05) is 78.6 Å². The van der Waals surface area contributed by atoms with Gasteiger partial charge in [-0.05, 0) is 40.1 Å². The zero-order valence-electron chi connectivity index (χ0n) is 16.7. The molecule has 0 atom stereocenters. The van der Waals surface area contributed by atoms with Crippen molar-refractivity contribution in [1.82, 2.24) is 0 Å². The minimum absolute atomic E-state index is 0.293. The molecule has 4 heteroatoms. The molecule has 0 bridgehead atoms. The summed E-state index contributed by atoms with van der Waals surface area (Å²) in [6, 6.07) is 19.4. The average molecular weight is 391 g/mol. The molecule has 4 rings (SSSR count). The highest BCUT2D eigenvalue weighted by molar-refractivity contribution is 7.14. The van der Waals surface area contributed by atoms with Gasteiger partial charge in [0.05, 0.1) is 28.8 Å². The molecule has 138 valence electrons. The van der Waals surface area contributed by atoms with Crippen molar-refractivity contribution >= 4 is 43.3 Å². The second-order valence-corrected chi connectivity index (χ2v) is 19.0. The number of hydrogen-bond donors (Lipinski definition) is 0. The molecule has 0 radical (unpaired) electrons. The molecule has 3 aromatic rings. The first-order valence-electron chi connectivity index (χ1n) is 9.49. The van der Waals surface area contributed by atoms with Crippen LogP contribution in [0.5, 0.6) is 0 Å². The Hall–Kier alpha value is -2.18. The summed E-state index contributed by atoms with van der Waals surface area (Å²) in [5, 5.41) is 5.54. The Morgan fingerprint density at radius 2 is 1.37 bits per heavy atom. The number of hydrogen-bond acceptors (Lipinski definition) is 2. The number of methoxy groups -OCH3 is 1. The molecule has 0 saturated heterocycles. The smallest absolute Gasteiger partial charge is 0.337 e. The van der Waals surface area contributed by atoms with Crippen LogP contribution in [0.3, 0.4) is 0 Å². The summed E-state index contributed by atoms with van der Waals surface area (Å²) >= 11 is 0. The molecule has 0 amide bonds. The van der Waals surface area contributed by atoms with Crippen LogP contribution in [0.4, 0.5) is 0 Å². The molecule has 1 aliphatic heterocycles. The van der Waals surface area contributed by atoms with Crippen LogP contribution < -0.4 is 10.4 Å². The van der Waals surface area contributed by atoms with Gasteiger partial charge in [-0.3, -0.25) is 0 Å². The average Bonchev–Trinajstić information content (AvgIpc) is 2.84. The van der Waals surface area contributed by atoms with Crippen molar-refractivity contribution in [1.29, 1.82) is 0 Å². The van der Waals surface area contributed by atoms with Gasteiger partial charge >= 0.3 is 5.97 Å². The fourth-order valence-electron chi connectivity index (χ4n) is 4.84. The summed E-state index contributed by atoms with van der Waals surface area (Å²) in [4.78, 5) is 11.8. The monoisotopic (exact) mass is 390 g/mol. The molecule has 0 saturated carbocycles. The lowest BCUT2D eigenvalue weighted by Gasteiger charge is -2.19. The van der Waals surface area contributed by atoms with E-state index < -0.39 is 16.1 Å². The first-order chi connectivity index (χ1) is 12.7. The molecule has 1 aliphatic rings. The Morgan fingerprint density at radius 3 is 2.11 bits per heavy atom. The molecule has 3 aromatic carbocycles. The van der Waals surface area contributed by atoms with Crippen molar-refractivity contribution in [2.75, 3.05) is 7.11 Å². The van der Waals surface area contributed by atoms with Gasteiger partial charge < -0.3 is 4.74 Å². The highest BCUT2D eigenvalue weighted by atomic mass is 28.4. The van der Waals surface area contributed by atoms with Crippen molar-refractivity contribution in [3.8, 4) is 11.1 Å². The maximum Gasteiger partial charge on any atom is 0.337 e. The predicted octanol–water partition coefficient (Wildman–Crippen LogP) is 4.68. The molecule has 0 fully saturated rings. The van der Waals surface area contributed by atoms with Crippen LogP contribution >= 0.6 is 0 Å². The standard InChI is InChI=1S/C23H26O2Si2/c1-25-23(24)20-9-8-16-12-17(6-7-18(16)13-20)19-10-11-21-22(14-19)27(4,5)15-26(21,2)3/h6-14H,15H2,1-5H3. The third-order valence-electron chi connectivity index (χ3n) is 5.96. The Labute approximate surface area is 163 Å². The lowest BCUT2D eigenvalue weighted by atomic mass is 10.00. The van der Waals surface area contributed by atoms with E-state index in [1.807, 2.05) is 18.2 Å². The van der Waals surface area contributed by atoms with E-state index in [-0.39, 0.29) is 5.97 Å². The number of benzene rings is 3. The van der Waals surface area contributed by atoms with E-state index in [0.717, 1.165) is 10.8 Å². The van der Waals surface area contributed by atoms with Crippen LogP contribution in [-0.4, -0.2) is 29.2 Å². The van der Waals surface area contributed by atoms with Crippen LogP contribution in [0, 0.1) is 0 Å². The molecule has 27 heavy (non-hydrogen) atoms. The third-order valence-corrected chi connectivity index (χ3v) is 17.0. The molecule has 0 unspecified atom stereocenters. The molecule has 0 aromatic heterocycles. The fraction of sp³-hybridized carbons (Fsp3) is 0.261. The zero-order chi connectivity index (χ0) is 19.4. The normalized spacial score (nSPS) is 16.9. The summed E-state index contributed by atoms with van der Waals surface area (Å²) in [6.07, 6.45) is 0. The highest BCUT2D eigenvalue weighted by Crippen LogP contribution is 2.30. The zero-order valence-corrected chi connectivity index (χ0v) is 18.7. The summed E-state index contributed by atoms with van der Waals surface area (Å²) in [6.45, 7) is 10.1. The second kappa shape index (κ2) is 6.18. The predicted molar refractivity (Wildman–Crippen MR) is 120 cm³/mol. The summed E-state index contributed by atoms with van der Waals surface area (Å²) < 4.78 is 4.83. The minimum atomic E-state index is -1.33. The Bertz CT molecular complexity index is 1070. The Kier molecular flexibility index (Phi) is 4.16. The molecule has 1 heterocycles. The van der Waals surface area contributed by atoms with E-state index in [2.05, 4.69) is 62.6 Å². The van der Waals surface area contributed by atoms with Gasteiger partial charge in [-0.15, -0.1) is 0 Å². The molecule has 0 N–H and O–H groups in total. The van der Waals surface area contributed by atoms with Gasteiger partial charge in [0.2, 0.25) is 0 Å². The SMILES string of the molecule is COC(=O)c1ccc2cc(-c3ccc4c(c3)[Si](C)(C)C[Si]4(C)C)ccc2c1. The first-order valence-corrected chi connectivity index (χ1v) is 15.9. The van der Waals surface area contributed by atoms with Crippen LogP contribution in [0.1, 0.15) is 10.4 Å². The van der Waals surface area contributed by atoms with Crippen LogP contribution in [0.25, 0.3) is 21.9 Å². The number of ether oxygens (including phenoxy) is 1. The van der Waals surface area contributed by atoms with E-state index >= 15 is 0 Å². The van der Waals surface area contributed by atoms with Crippen molar-refractivity contribution in [3.63, 3.8) is 0 Å². The topological polar surface area (TPSA) is 26.3 Å². The first kappa shape index (κ1) is 18.2. The van der Waals surface area contributed by atoms with Crippen LogP contribution in [0.15, 0.2) is 54.6 Å². The molecular formula is C23H26O2Si2. The van der Waals surface area contributed by atoms with E-state index in [9.17, 15) is 4.79 Å². The van der Waals surface area contributed by atoms with Crippen molar-refractivity contribution in [2.24, 2.45) is 0 Å². The highest BCUT2D eigenvalue weighted by Gasteiger charge is 2.44. The van der Waals surface area contributed by atoms with Gasteiger partial charge in [-0.2, -0.15) is 0 Å². The number of fused-ring (bicyclic) bond motifs is 2. The van der Waals surface area contributed by atoms with E-state index in [1.165, 1.54) is 23.9 Å². The van der Waals surface area contributed by atoms with E-state index in [4.69, 9.17) is 4.74 Å². The van der Waals surface area contributed by atoms with Gasteiger partial charge in [0.1, 0.15) is 0 Å². The van der Waals surface area contributed by atoms with Gasteiger partial charge in [0.15, 0.2) is 0 Å². The molecule has 0 aliphatic carbocycles. The number of carbonyl (C=O) groups is 1. The quantitative estimate of drug-likeness (QED) is 0.469. The number of carbonyl (C=O) groups excluding carboxylic acids is 1. The van der Waals surface area contributed by atoms with Gasteiger partial charge in [-0.25, -0.2) is 4.79 Å². The summed E-state index contributed by atoms with van der Waals surface area (Å²) in [5.74, 6) is -0.293. The van der Waals surface area contributed by atoms with E-state index in [1.54, 1.807) is 10.4 Å². The second-order valence-electron chi connectivity index (χ2n) is 8.97. The molecular weight excluding hydrogens is 364 g/mol. The summed E-state index contributed by atoms with van der Waals surface area (Å²) in [7, 11) is -1.18. The van der Waals surface area contributed by atoms with Crippen LogP contribution in [-0.2, 0) is 4.74 Å². The van der Waals surface area contributed by atoms with Gasteiger partial charge in [0.25, 0.3) is 0 Å². The Morgan fingerprint density at radius 1 is 0.778 bits per heavy atom. The summed E-state index contributed by atoms with van der Waals surface area (Å²) in [5.41, 5.74) is 4.59. The van der Waals surface area contributed by atoms with Crippen LogP contribution in [0.2, 0.25) is 31.9 Å². The largest absolute Gasteiger partial charge is 0.465 e. The maximum atomic E-state index is 11.8. The maximum absolute atomic E-state index is 11.8. The number of rotatable bonds is 2. The Balaban J connectivity index is 1.78. The van der Waals surface area contributed by atoms with Gasteiger partial charge in [0, 0.05) is 0 Å². The van der Waals surface area contributed by atoms with E-state index in [0.29, 0.717) is 5.56 Å². The van der Waals surface area contributed by atoms with Crippen molar-refractivity contribution < 1.29 is 9.53 Å². The third kappa shape index (κ3) is 3.07. The van der Waals surface area contributed by atoms with Crippen molar-refractivity contribution in [3.05, 3.63) is 60.2 Å².